The molecule has 0 radical (unpaired) electrons. The zero-order valence-corrected chi connectivity index (χ0v) is 9.49. The molecule has 0 atom stereocenters. The van der Waals surface area contributed by atoms with Crippen molar-refractivity contribution in [2.45, 2.75) is 13.1 Å². The van der Waals surface area contributed by atoms with Crippen LogP contribution in [0.3, 0.4) is 0 Å². The van der Waals surface area contributed by atoms with Gasteiger partial charge in [0.1, 0.15) is 0 Å². The van der Waals surface area contributed by atoms with Crippen molar-refractivity contribution in [3.63, 3.8) is 0 Å². The number of rotatable bonds is 2. The molecule has 0 aromatic heterocycles. The van der Waals surface area contributed by atoms with Crippen LogP contribution in [-0.2, 0) is 6.18 Å². The molecule has 1 aromatic rings. The van der Waals surface area contributed by atoms with Crippen molar-refractivity contribution in [3.8, 4) is 6.07 Å². The lowest BCUT2D eigenvalue weighted by Gasteiger charge is -2.12. The molecular formula is C11H7ClF3NO. The van der Waals surface area contributed by atoms with Crippen molar-refractivity contribution in [2.75, 3.05) is 5.88 Å². The highest BCUT2D eigenvalue weighted by Crippen LogP contribution is 2.33. The van der Waals surface area contributed by atoms with Gasteiger partial charge in [-0.25, -0.2) is 0 Å². The molecule has 0 bridgehead atoms. The maximum atomic E-state index is 12.6. The summed E-state index contributed by atoms with van der Waals surface area (Å²) in [6.45, 7) is 1.37. The lowest BCUT2D eigenvalue weighted by Crippen LogP contribution is -2.11. The third kappa shape index (κ3) is 2.77. The second-order valence-corrected chi connectivity index (χ2v) is 3.65. The van der Waals surface area contributed by atoms with Gasteiger partial charge in [0, 0.05) is 5.56 Å². The molecule has 90 valence electrons. The van der Waals surface area contributed by atoms with Crippen LogP contribution in [0, 0.1) is 18.3 Å². The first-order chi connectivity index (χ1) is 7.81. The van der Waals surface area contributed by atoms with E-state index >= 15 is 0 Å². The maximum Gasteiger partial charge on any atom is 0.417 e. The van der Waals surface area contributed by atoms with Crippen molar-refractivity contribution in [1.82, 2.24) is 0 Å². The summed E-state index contributed by atoms with van der Waals surface area (Å²) in [7, 11) is 0. The molecule has 0 N–H and O–H groups in total. The average Bonchev–Trinajstić information content (AvgIpc) is 2.26. The van der Waals surface area contributed by atoms with E-state index in [9.17, 15) is 18.0 Å². The van der Waals surface area contributed by atoms with Crippen LogP contribution in [0.2, 0.25) is 0 Å². The molecule has 0 aliphatic heterocycles. The summed E-state index contributed by atoms with van der Waals surface area (Å²) in [4.78, 5) is 11.3. The Morgan fingerprint density at radius 2 is 2.06 bits per heavy atom. The van der Waals surface area contributed by atoms with Crippen molar-refractivity contribution < 1.29 is 18.0 Å². The van der Waals surface area contributed by atoms with E-state index in [0.29, 0.717) is 0 Å². The Morgan fingerprint density at radius 3 is 2.47 bits per heavy atom. The van der Waals surface area contributed by atoms with E-state index < -0.39 is 23.1 Å². The summed E-state index contributed by atoms with van der Waals surface area (Å²) in [6, 6.07) is 3.16. The number of carbonyl (C=O) groups is 1. The normalized spacial score (nSPS) is 11.1. The first-order valence-electron chi connectivity index (χ1n) is 4.52. The molecule has 2 nitrogen and oxygen atoms in total. The van der Waals surface area contributed by atoms with Crippen LogP contribution < -0.4 is 0 Å². The molecule has 0 unspecified atom stereocenters. The Labute approximate surface area is 101 Å². The van der Waals surface area contributed by atoms with Crippen LogP contribution in [0.1, 0.15) is 27.0 Å². The fraction of sp³-hybridized carbons (Fsp3) is 0.273. The summed E-state index contributed by atoms with van der Waals surface area (Å²) >= 11 is 5.33. The van der Waals surface area contributed by atoms with Crippen LogP contribution >= 0.6 is 11.6 Å². The highest BCUT2D eigenvalue weighted by molar-refractivity contribution is 6.30. The van der Waals surface area contributed by atoms with Crippen LogP contribution in [0.4, 0.5) is 13.2 Å². The zero-order valence-electron chi connectivity index (χ0n) is 8.73. The number of ketones is 1. The van der Waals surface area contributed by atoms with Gasteiger partial charge in [-0.05, 0) is 24.6 Å². The summed E-state index contributed by atoms with van der Waals surface area (Å²) in [5, 5.41) is 8.66. The monoisotopic (exact) mass is 261 g/mol. The fourth-order valence-electron chi connectivity index (χ4n) is 1.41. The van der Waals surface area contributed by atoms with Crippen LogP contribution in [-0.4, -0.2) is 11.7 Å². The molecule has 0 saturated carbocycles. The Bertz CT molecular complexity index is 503. The Hall–Kier alpha value is -1.54. The summed E-state index contributed by atoms with van der Waals surface area (Å²) < 4.78 is 37.7. The molecule has 0 aliphatic rings. The predicted molar refractivity (Wildman–Crippen MR) is 55.9 cm³/mol. The standard InChI is InChI=1S/C11H7ClF3NO/c1-6-2-9(11(13,14)15)7(5-16)3-8(6)10(17)4-12/h2-3H,4H2,1H3. The molecule has 0 spiro atoms. The molecule has 6 heteroatoms. The minimum Gasteiger partial charge on any atom is -0.293 e. The van der Waals surface area contributed by atoms with Crippen LogP contribution in [0.15, 0.2) is 12.1 Å². The minimum absolute atomic E-state index is 0.0459. The maximum absolute atomic E-state index is 12.6. The second-order valence-electron chi connectivity index (χ2n) is 3.38. The van der Waals surface area contributed by atoms with Crippen molar-refractivity contribution in [2.24, 2.45) is 0 Å². The highest BCUT2D eigenvalue weighted by Gasteiger charge is 2.34. The van der Waals surface area contributed by atoms with Crippen molar-refractivity contribution in [3.05, 3.63) is 34.4 Å². The van der Waals surface area contributed by atoms with Gasteiger partial charge in [-0.3, -0.25) is 4.79 Å². The van der Waals surface area contributed by atoms with E-state index in [1.165, 1.54) is 13.0 Å². The lowest BCUT2D eigenvalue weighted by atomic mass is 9.97. The van der Waals surface area contributed by atoms with Gasteiger partial charge >= 0.3 is 6.18 Å². The topological polar surface area (TPSA) is 40.9 Å². The van der Waals surface area contributed by atoms with E-state index in [4.69, 9.17) is 16.9 Å². The number of nitrogens with zero attached hydrogens (tertiary/aromatic N) is 1. The number of carbonyl (C=O) groups excluding carboxylic acids is 1. The number of hydrogen-bond donors (Lipinski definition) is 0. The van der Waals surface area contributed by atoms with Gasteiger partial charge in [-0.1, -0.05) is 0 Å². The number of nitriles is 1. The quantitative estimate of drug-likeness (QED) is 0.605. The fourth-order valence-corrected chi connectivity index (χ4v) is 1.55. The molecule has 0 amide bonds. The van der Waals surface area contributed by atoms with E-state index in [1.54, 1.807) is 0 Å². The lowest BCUT2D eigenvalue weighted by molar-refractivity contribution is -0.137. The van der Waals surface area contributed by atoms with E-state index in [1.807, 2.05) is 0 Å². The number of hydrogen-bond acceptors (Lipinski definition) is 2. The van der Waals surface area contributed by atoms with Crippen LogP contribution in [0.25, 0.3) is 0 Å². The molecule has 1 aromatic carbocycles. The Balaban J connectivity index is 3.47. The van der Waals surface area contributed by atoms with Crippen molar-refractivity contribution >= 4 is 17.4 Å². The Kier molecular flexibility index (Phi) is 3.79. The molecule has 0 fully saturated rings. The molecule has 1 rings (SSSR count). The first kappa shape index (κ1) is 13.5. The SMILES string of the molecule is Cc1cc(C(F)(F)F)c(C#N)cc1C(=O)CCl. The van der Waals surface area contributed by atoms with E-state index in [2.05, 4.69) is 0 Å². The van der Waals surface area contributed by atoms with Gasteiger partial charge in [-0.15, -0.1) is 11.6 Å². The van der Waals surface area contributed by atoms with Gasteiger partial charge in [0.2, 0.25) is 0 Å². The summed E-state index contributed by atoms with van der Waals surface area (Å²) in [5.41, 5.74) is -1.41. The zero-order chi connectivity index (χ0) is 13.2. The predicted octanol–water partition coefficient (Wildman–Crippen LogP) is 3.31. The smallest absolute Gasteiger partial charge is 0.293 e. The van der Waals surface area contributed by atoms with E-state index in [-0.39, 0.29) is 17.0 Å². The van der Waals surface area contributed by atoms with Gasteiger partial charge in [-0.2, -0.15) is 18.4 Å². The van der Waals surface area contributed by atoms with Gasteiger partial charge < -0.3 is 0 Å². The van der Waals surface area contributed by atoms with E-state index in [0.717, 1.165) is 12.1 Å². The largest absolute Gasteiger partial charge is 0.417 e. The highest BCUT2D eigenvalue weighted by atomic mass is 35.5. The van der Waals surface area contributed by atoms with Crippen molar-refractivity contribution in [1.29, 1.82) is 5.26 Å². The van der Waals surface area contributed by atoms with Gasteiger partial charge in [0.05, 0.1) is 23.1 Å². The number of alkyl halides is 4. The van der Waals surface area contributed by atoms with Gasteiger partial charge in [0.15, 0.2) is 5.78 Å². The molecule has 0 saturated heterocycles. The average molecular weight is 262 g/mol. The minimum atomic E-state index is -4.61. The molecular weight excluding hydrogens is 255 g/mol. The third-order valence-electron chi connectivity index (χ3n) is 2.21. The summed E-state index contributed by atoms with van der Waals surface area (Å²) in [5.74, 6) is -0.841. The second kappa shape index (κ2) is 4.76. The number of Topliss-reactive ketones (excluding diaryl/α,β-unsaturated/α-hetero) is 1. The molecule has 0 heterocycles. The number of halogens is 4. The van der Waals surface area contributed by atoms with Crippen LogP contribution in [0.5, 0.6) is 0 Å². The number of benzene rings is 1. The summed E-state index contributed by atoms with van der Waals surface area (Å²) in [6.07, 6.45) is -4.61. The van der Waals surface area contributed by atoms with Gasteiger partial charge in [0.25, 0.3) is 0 Å². The molecule has 17 heavy (non-hydrogen) atoms. The first-order valence-corrected chi connectivity index (χ1v) is 5.05. The Morgan fingerprint density at radius 1 is 1.47 bits per heavy atom. The molecule has 0 aliphatic carbocycles. The third-order valence-corrected chi connectivity index (χ3v) is 2.45. The number of aryl methyl sites for hydroxylation is 1.